The first-order chi connectivity index (χ1) is 7.67. The van der Waals surface area contributed by atoms with E-state index in [0.29, 0.717) is 0 Å². The van der Waals surface area contributed by atoms with Crippen molar-refractivity contribution in [2.24, 2.45) is 0 Å². The molecule has 2 aromatic rings. The van der Waals surface area contributed by atoms with E-state index in [0.717, 1.165) is 5.02 Å². The summed E-state index contributed by atoms with van der Waals surface area (Å²) in [5.41, 5.74) is 0. The summed E-state index contributed by atoms with van der Waals surface area (Å²) in [6.45, 7) is 10.4. The molecule has 0 aliphatic heterocycles. The summed E-state index contributed by atoms with van der Waals surface area (Å²) in [5.74, 6) is 0. The van der Waals surface area contributed by atoms with Gasteiger partial charge in [-0.3, -0.25) is 0 Å². The molecule has 0 fully saturated rings. The molecule has 0 nitrogen and oxygen atoms in total. The lowest BCUT2D eigenvalue weighted by atomic mass is 10.2. The SMILES string of the molecule is CC.CCC.Cc1cc2cc(Cl)ccc2s1. The first kappa shape index (κ1) is 15.5. The summed E-state index contributed by atoms with van der Waals surface area (Å²) in [4.78, 5) is 1.34. The maximum absolute atomic E-state index is 5.83. The predicted molar refractivity (Wildman–Crippen MR) is 78.9 cm³/mol. The van der Waals surface area contributed by atoms with Gasteiger partial charge in [0.05, 0.1) is 0 Å². The Labute approximate surface area is 108 Å². The third kappa shape index (κ3) is 5.00. The second-order valence-electron chi connectivity index (χ2n) is 3.25. The molecule has 0 unspecified atom stereocenters. The zero-order valence-corrected chi connectivity index (χ0v) is 12.4. The van der Waals surface area contributed by atoms with Crippen LogP contribution in [0.5, 0.6) is 0 Å². The van der Waals surface area contributed by atoms with Crippen molar-refractivity contribution in [3.05, 3.63) is 34.2 Å². The lowest BCUT2D eigenvalue weighted by Gasteiger charge is -1.88. The van der Waals surface area contributed by atoms with E-state index in [2.05, 4.69) is 32.9 Å². The average molecular weight is 257 g/mol. The number of fused-ring (bicyclic) bond motifs is 1. The molecule has 0 N–H and O–H groups in total. The highest BCUT2D eigenvalue weighted by atomic mass is 35.5. The maximum atomic E-state index is 5.83. The lowest BCUT2D eigenvalue weighted by molar-refractivity contribution is 1.09. The third-order valence-corrected chi connectivity index (χ3v) is 2.87. The minimum absolute atomic E-state index is 0.815. The van der Waals surface area contributed by atoms with Crippen LogP contribution < -0.4 is 0 Å². The van der Waals surface area contributed by atoms with Crippen molar-refractivity contribution in [2.45, 2.75) is 41.0 Å². The number of benzene rings is 1. The third-order valence-electron chi connectivity index (χ3n) is 1.60. The molecule has 0 saturated carbocycles. The van der Waals surface area contributed by atoms with E-state index < -0.39 is 0 Å². The smallest absolute Gasteiger partial charge is 0.0412 e. The van der Waals surface area contributed by atoms with Gasteiger partial charge in [-0.25, -0.2) is 0 Å². The first-order valence-corrected chi connectivity index (χ1v) is 7.02. The van der Waals surface area contributed by atoms with Crippen molar-refractivity contribution in [1.82, 2.24) is 0 Å². The zero-order chi connectivity index (χ0) is 12.6. The van der Waals surface area contributed by atoms with Gasteiger partial charge >= 0.3 is 0 Å². The summed E-state index contributed by atoms with van der Waals surface area (Å²) in [6.07, 6.45) is 1.25. The Morgan fingerprint density at radius 2 is 1.69 bits per heavy atom. The fourth-order valence-corrected chi connectivity index (χ4v) is 2.23. The number of thiophene rings is 1. The topological polar surface area (TPSA) is 0 Å². The Bertz CT molecular complexity index is 404. The Balaban J connectivity index is 0.000000394. The number of halogens is 1. The van der Waals surface area contributed by atoms with Gasteiger partial charge in [-0.2, -0.15) is 0 Å². The van der Waals surface area contributed by atoms with E-state index in [9.17, 15) is 0 Å². The van der Waals surface area contributed by atoms with Crippen LogP contribution in [0.4, 0.5) is 0 Å². The van der Waals surface area contributed by atoms with E-state index in [1.54, 1.807) is 11.3 Å². The maximum Gasteiger partial charge on any atom is 0.0412 e. The van der Waals surface area contributed by atoms with Crippen molar-refractivity contribution in [2.75, 3.05) is 0 Å². The molecule has 0 saturated heterocycles. The molecule has 2 rings (SSSR count). The van der Waals surface area contributed by atoms with E-state index in [1.807, 2.05) is 26.0 Å². The molecule has 0 spiro atoms. The molecule has 0 aliphatic rings. The molecule has 1 heterocycles. The van der Waals surface area contributed by atoms with Crippen LogP contribution in [0.2, 0.25) is 5.02 Å². The van der Waals surface area contributed by atoms with Gasteiger partial charge < -0.3 is 0 Å². The number of rotatable bonds is 0. The lowest BCUT2D eigenvalue weighted by Crippen LogP contribution is -1.61. The highest BCUT2D eigenvalue weighted by molar-refractivity contribution is 7.19. The molecule has 0 radical (unpaired) electrons. The molecule has 0 bridgehead atoms. The monoisotopic (exact) mass is 256 g/mol. The highest BCUT2D eigenvalue weighted by Crippen LogP contribution is 2.27. The van der Waals surface area contributed by atoms with E-state index in [4.69, 9.17) is 11.6 Å². The van der Waals surface area contributed by atoms with Crippen molar-refractivity contribution in [1.29, 1.82) is 0 Å². The van der Waals surface area contributed by atoms with Gasteiger partial charge in [0, 0.05) is 14.6 Å². The van der Waals surface area contributed by atoms with E-state index >= 15 is 0 Å². The van der Waals surface area contributed by atoms with Gasteiger partial charge in [-0.05, 0) is 36.6 Å². The molecule has 0 aliphatic carbocycles. The quantitative estimate of drug-likeness (QED) is 0.518. The molecule has 90 valence electrons. The normalized spacial score (nSPS) is 8.88. The molecule has 1 aromatic heterocycles. The van der Waals surface area contributed by atoms with Crippen LogP contribution in [0.1, 0.15) is 39.0 Å². The molecule has 16 heavy (non-hydrogen) atoms. The van der Waals surface area contributed by atoms with Crippen LogP contribution in [0, 0.1) is 6.92 Å². The van der Waals surface area contributed by atoms with Crippen LogP contribution in [-0.2, 0) is 0 Å². The van der Waals surface area contributed by atoms with Crippen LogP contribution >= 0.6 is 22.9 Å². The fraction of sp³-hybridized carbons (Fsp3) is 0.429. The summed E-state index contributed by atoms with van der Waals surface area (Å²) >= 11 is 7.63. The molecular formula is C14H21ClS. The molecular weight excluding hydrogens is 236 g/mol. The van der Waals surface area contributed by atoms with E-state index in [-0.39, 0.29) is 0 Å². The van der Waals surface area contributed by atoms with Gasteiger partial charge in [0.1, 0.15) is 0 Å². The number of aryl methyl sites for hydroxylation is 1. The zero-order valence-electron chi connectivity index (χ0n) is 10.8. The molecule has 0 amide bonds. The Morgan fingerprint density at radius 1 is 1.12 bits per heavy atom. The minimum Gasteiger partial charge on any atom is -0.141 e. The fourth-order valence-electron chi connectivity index (χ4n) is 1.15. The van der Waals surface area contributed by atoms with Crippen molar-refractivity contribution in [3.8, 4) is 0 Å². The van der Waals surface area contributed by atoms with Crippen LogP contribution in [0.3, 0.4) is 0 Å². The summed E-state index contributed by atoms with van der Waals surface area (Å²) < 4.78 is 1.31. The van der Waals surface area contributed by atoms with Crippen molar-refractivity contribution in [3.63, 3.8) is 0 Å². The molecule has 2 heteroatoms. The summed E-state index contributed by atoms with van der Waals surface area (Å²) in [7, 11) is 0. The summed E-state index contributed by atoms with van der Waals surface area (Å²) in [5, 5.41) is 2.07. The standard InChI is InChI=1S/C9H7ClS.C3H8.C2H6/c1-6-4-7-5-8(10)2-3-9(7)11-6;1-3-2;1-2/h2-5H,1H3;3H2,1-2H3;1-2H3. The van der Waals surface area contributed by atoms with Crippen molar-refractivity contribution >= 4 is 33.0 Å². The Kier molecular flexibility index (Phi) is 8.32. The Hall–Kier alpha value is -0.530. The Morgan fingerprint density at radius 3 is 2.25 bits per heavy atom. The second kappa shape index (κ2) is 8.60. The second-order valence-corrected chi connectivity index (χ2v) is 4.97. The molecule has 0 atom stereocenters. The number of hydrogen-bond acceptors (Lipinski definition) is 1. The largest absolute Gasteiger partial charge is 0.141 e. The van der Waals surface area contributed by atoms with Gasteiger partial charge in [0.2, 0.25) is 0 Å². The van der Waals surface area contributed by atoms with E-state index in [1.165, 1.54) is 21.4 Å². The van der Waals surface area contributed by atoms with Gasteiger partial charge in [0.15, 0.2) is 0 Å². The van der Waals surface area contributed by atoms with Crippen LogP contribution in [0.25, 0.3) is 10.1 Å². The van der Waals surface area contributed by atoms with Crippen LogP contribution in [-0.4, -0.2) is 0 Å². The highest BCUT2D eigenvalue weighted by Gasteiger charge is 1.97. The summed E-state index contributed by atoms with van der Waals surface area (Å²) in [6, 6.07) is 8.15. The average Bonchev–Trinajstić information content (AvgIpc) is 2.61. The first-order valence-electron chi connectivity index (χ1n) is 5.83. The number of hydrogen-bond donors (Lipinski definition) is 0. The van der Waals surface area contributed by atoms with Gasteiger partial charge in [-0.1, -0.05) is 45.7 Å². The van der Waals surface area contributed by atoms with Gasteiger partial charge in [-0.15, -0.1) is 11.3 Å². The molecule has 1 aromatic carbocycles. The minimum atomic E-state index is 0.815. The predicted octanol–water partition coefficient (Wildman–Crippen LogP) is 6.31. The van der Waals surface area contributed by atoms with Gasteiger partial charge in [0.25, 0.3) is 0 Å². The van der Waals surface area contributed by atoms with Crippen molar-refractivity contribution < 1.29 is 0 Å². The van der Waals surface area contributed by atoms with Crippen LogP contribution in [0.15, 0.2) is 24.3 Å².